The first-order valence-electron chi connectivity index (χ1n) is 4.64. The summed E-state index contributed by atoms with van der Waals surface area (Å²) in [6.45, 7) is 5.34. The molecule has 0 spiro atoms. The van der Waals surface area contributed by atoms with Crippen LogP contribution in [0.2, 0.25) is 0 Å². The van der Waals surface area contributed by atoms with E-state index in [2.05, 4.69) is 11.3 Å². The monoisotopic (exact) mass is 239 g/mol. The summed E-state index contributed by atoms with van der Waals surface area (Å²) in [7, 11) is 0. The minimum absolute atomic E-state index is 0.176. The Morgan fingerprint density at radius 3 is 2.62 bits per heavy atom. The van der Waals surface area contributed by atoms with E-state index in [9.17, 15) is 9.35 Å². The molecule has 0 aromatic heterocycles. The summed E-state index contributed by atoms with van der Waals surface area (Å²) in [6, 6.07) is 7.76. The van der Waals surface area contributed by atoms with Crippen LogP contribution in [0.15, 0.2) is 41.3 Å². The lowest BCUT2D eigenvalue weighted by atomic mass is 10.2. The van der Waals surface area contributed by atoms with Gasteiger partial charge in [-0.05, 0) is 13.0 Å². The van der Waals surface area contributed by atoms with Crippen molar-refractivity contribution in [3.63, 3.8) is 0 Å². The average molecular weight is 239 g/mol. The van der Waals surface area contributed by atoms with Crippen LogP contribution in [0.25, 0.3) is 0 Å². The zero-order chi connectivity index (χ0) is 12.1. The zero-order valence-electron chi connectivity index (χ0n) is 8.90. The van der Waals surface area contributed by atoms with Crippen molar-refractivity contribution in [1.82, 2.24) is 4.72 Å². The summed E-state index contributed by atoms with van der Waals surface area (Å²) < 4.78 is 13.9. The van der Waals surface area contributed by atoms with E-state index in [0.29, 0.717) is 0 Å². The molecule has 1 aliphatic heterocycles. The fourth-order valence-electron chi connectivity index (χ4n) is 1.05. The molecule has 0 amide bonds. The van der Waals surface area contributed by atoms with Gasteiger partial charge in [0.25, 0.3) is 0 Å². The van der Waals surface area contributed by atoms with Gasteiger partial charge in [0.15, 0.2) is 4.90 Å². The summed E-state index contributed by atoms with van der Waals surface area (Å²) in [4.78, 5) is 10.5. The summed E-state index contributed by atoms with van der Waals surface area (Å²) in [5.41, 5.74) is 1.33. The molecule has 0 bridgehead atoms. The van der Waals surface area contributed by atoms with Crippen LogP contribution in [-0.2, 0) is 22.7 Å². The van der Waals surface area contributed by atoms with Crippen LogP contribution in [0.4, 0.5) is 0 Å². The maximum absolute atomic E-state index is 11.1. The molecule has 0 saturated heterocycles. The van der Waals surface area contributed by atoms with Gasteiger partial charge in [-0.3, -0.25) is 0 Å². The average Bonchev–Trinajstić information content (AvgIpc) is 2.62. The second-order valence-electron chi connectivity index (χ2n) is 3.28. The molecular weight excluding hydrogens is 226 g/mol. The van der Waals surface area contributed by atoms with Gasteiger partial charge in [-0.15, -0.1) is 4.72 Å². The van der Waals surface area contributed by atoms with Crippen molar-refractivity contribution >= 4 is 17.3 Å². The lowest BCUT2D eigenvalue weighted by Gasteiger charge is -1.99. The topological polar surface area (TPSA) is 72.4 Å². The Kier molecular flexibility index (Phi) is 4.54. The van der Waals surface area contributed by atoms with E-state index in [4.69, 9.17) is 5.11 Å². The van der Waals surface area contributed by atoms with Gasteiger partial charge < -0.3 is 9.66 Å². The van der Waals surface area contributed by atoms with Crippen LogP contribution in [0, 0.1) is 0 Å². The van der Waals surface area contributed by atoms with Gasteiger partial charge >= 0.3 is 5.97 Å². The number of nitrogens with one attached hydrogen (secondary N) is 1. The van der Waals surface area contributed by atoms with Crippen molar-refractivity contribution in [3.8, 4) is 0 Å². The van der Waals surface area contributed by atoms with Crippen LogP contribution in [0.3, 0.4) is 0 Å². The highest BCUT2D eigenvalue weighted by Gasteiger charge is 2.22. The van der Waals surface area contributed by atoms with Gasteiger partial charge in [0.05, 0.1) is 17.9 Å². The van der Waals surface area contributed by atoms with Crippen LogP contribution >= 0.6 is 0 Å². The Bertz CT molecular complexity index is 394. The molecule has 86 valence electrons. The summed E-state index contributed by atoms with van der Waals surface area (Å²) in [6.07, 6.45) is 0. The quantitative estimate of drug-likeness (QED) is 0.575. The fraction of sp³-hybridized carbons (Fsp3) is 0.182. The molecule has 2 N–H and O–H groups in total. The van der Waals surface area contributed by atoms with E-state index in [1.54, 1.807) is 0 Å². The summed E-state index contributed by atoms with van der Waals surface area (Å²) in [5, 5.41) is 7.89. The second-order valence-corrected chi connectivity index (χ2v) is 4.55. The number of carboxylic acids is 1. The number of benzene rings is 1. The molecule has 2 rings (SSSR count). The number of rotatable bonds is 1. The molecular formula is C11H13NO3S. The van der Waals surface area contributed by atoms with Crippen molar-refractivity contribution in [2.75, 3.05) is 0 Å². The molecule has 1 aliphatic rings. The number of carboxylic acid groups (broad SMARTS) is 1. The number of aliphatic carboxylic acids is 1. The van der Waals surface area contributed by atoms with Gasteiger partial charge in [-0.25, -0.2) is 4.79 Å². The van der Waals surface area contributed by atoms with E-state index in [1.807, 2.05) is 24.3 Å². The Labute approximate surface area is 97.3 Å². The van der Waals surface area contributed by atoms with Crippen LogP contribution in [0.1, 0.15) is 12.5 Å². The molecule has 1 aromatic carbocycles. The lowest BCUT2D eigenvalue weighted by molar-refractivity contribution is -0.132. The molecule has 1 heterocycles. The van der Waals surface area contributed by atoms with Crippen molar-refractivity contribution in [1.29, 1.82) is 0 Å². The van der Waals surface area contributed by atoms with Gasteiger partial charge in [0.2, 0.25) is 0 Å². The van der Waals surface area contributed by atoms with E-state index in [1.165, 1.54) is 6.92 Å². The third-order valence-electron chi connectivity index (χ3n) is 1.93. The van der Waals surface area contributed by atoms with Gasteiger partial charge in [-0.1, -0.05) is 24.8 Å². The normalized spacial score (nSPS) is 17.0. The molecule has 0 aliphatic carbocycles. The molecule has 0 saturated carbocycles. The molecule has 1 atom stereocenters. The molecule has 16 heavy (non-hydrogen) atoms. The van der Waals surface area contributed by atoms with Crippen molar-refractivity contribution in [2.24, 2.45) is 0 Å². The van der Waals surface area contributed by atoms with E-state index < -0.39 is 17.3 Å². The van der Waals surface area contributed by atoms with E-state index in [-0.39, 0.29) is 5.57 Å². The lowest BCUT2D eigenvalue weighted by Crippen LogP contribution is -2.13. The maximum atomic E-state index is 11.1. The first-order chi connectivity index (χ1) is 7.52. The summed E-state index contributed by atoms with van der Waals surface area (Å²) in [5.74, 6) is -0.935. The van der Waals surface area contributed by atoms with Crippen molar-refractivity contribution in [3.05, 3.63) is 42.0 Å². The highest BCUT2D eigenvalue weighted by Crippen LogP contribution is 2.20. The van der Waals surface area contributed by atoms with Crippen LogP contribution in [0.5, 0.6) is 0 Å². The maximum Gasteiger partial charge on any atom is 0.330 e. The first-order valence-corrected chi connectivity index (χ1v) is 5.79. The Morgan fingerprint density at radius 2 is 2.12 bits per heavy atom. The summed E-state index contributed by atoms with van der Waals surface area (Å²) >= 11 is -0.948. The minimum atomic E-state index is -0.948. The third kappa shape index (κ3) is 3.37. The number of fused-ring (bicyclic) bond motifs is 1. The predicted molar refractivity (Wildman–Crippen MR) is 62.1 cm³/mol. The van der Waals surface area contributed by atoms with Crippen LogP contribution < -0.4 is 4.72 Å². The van der Waals surface area contributed by atoms with E-state index >= 15 is 0 Å². The van der Waals surface area contributed by atoms with E-state index in [0.717, 1.165) is 17.0 Å². The zero-order valence-corrected chi connectivity index (χ0v) is 9.71. The minimum Gasteiger partial charge on any atom is -0.593 e. The molecule has 4 nitrogen and oxygen atoms in total. The molecule has 1 unspecified atom stereocenters. The Hall–Kier alpha value is -1.30. The van der Waals surface area contributed by atoms with Crippen molar-refractivity contribution in [2.45, 2.75) is 18.4 Å². The van der Waals surface area contributed by atoms with Crippen molar-refractivity contribution < 1.29 is 14.5 Å². The second kappa shape index (κ2) is 5.69. The van der Waals surface area contributed by atoms with Crippen LogP contribution in [-0.4, -0.2) is 15.6 Å². The predicted octanol–water partition coefficient (Wildman–Crippen LogP) is 1.46. The van der Waals surface area contributed by atoms with Gasteiger partial charge in [-0.2, -0.15) is 0 Å². The third-order valence-corrected chi connectivity index (χ3v) is 3.14. The SMILES string of the molecule is C=C(C)C(=O)O.[O-][S+]1NCc2ccccc21. The van der Waals surface area contributed by atoms with Gasteiger partial charge in [0.1, 0.15) is 0 Å². The largest absolute Gasteiger partial charge is 0.593 e. The highest BCUT2D eigenvalue weighted by molar-refractivity contribution is 7.89. The molecule has 0 fully saturated rings. The molecule has 0 radical (unpaired) electrons. The first kappa shape index (κ1) is 12.8. The number of carbonyl (C=O) groups is 1. The highest BCUT2D eigenvalue weighted by atomic mass is 32.2. The smallest absolute Gasteiger partial charge is 0.330 e. The fourth-order valence-corrected chi connectivity index (χ4v) is 2.07. The number of hydrogen-bond acceptors (Lipinski definition) is 3. The van der Waals surface area contributed by atoms with Gasteiger partial charge in [0, 0.05) is 11.1 Å². The number of hydrogen-bond donors (Lipinski definition) is 2. The standard InChI is InChI=1S/C7H7NOS.C4H6O2/c9-10-7-4-2-1-3-6(7)5-8-10;1-3(2)4(5)6/h1-4,8H,5H2;1H2,2H3,(H,5,6). The Balaban J connectivity index is 0.000000187. The Morgan fingerprint density at radius 1 is 1.56 bits per heavy atom. The molecule has 5 heteroatoms. The molecule has 1 aromatic rings.